The van der Waals surface area contributed by atoms with Gasteiger partial charge in [0.1, 0.15) is 5.82 Å². The van der Waals surface area contributed by atoms with E-state index in [-0.39, 0.29) is 11.2 Å². The number of hydrogen-bond donors (Lipinski definition) is 1. The largest absolute Gasteiger partial charge is 0.377 e. The minimum atomic E-state index is -0.190. The van der Waals surface area contributed by atoms with Crippen LogP contribution in [-0.4, -0.2) is 26.3 Å². The normalized spacial score (nSPS) is 29.9. The van der Waals surface area contributed by atoms with E-state index < -0.39 is 0 Å². The lowest BCUT2D eigenvalue weighted by molar-refractivity contribution is 0.0314. The molecule has 0 bridgehead atoms. The van der Waals surface area contributed by atoms with Gasteiger partial charge in [-0.2, -0.15) is 0 Å². The van der Waals surface area contributed by atoms with Gasteiger partial charge in [-0.05, 0) is 56.3 Å². The second-order valence-electron chi connectivity index (χ2n) is 6.18. The predicted octanol–water partition coefficient (Wildman–Crippen LogP) is 3.54. The van der Waals surface area contributed by atoms with Gasteiger partial charge in [-0.3, -0.25) is 0 Å². The maximum atomic E-state index is 13.3. The topological polar surface area (TPSA) is 21.3 Å². The second-order valence-corrected chi connectivity index (χ2v) is 7.04. The molecule has 1 aromatic rings. The summed E-state index contributed by atoms with van der Waals surface area (Å²) in [5.41, 5.74) is 1.33. The summed E-state index contributed by atoms with van der Waals surface area (Å²) < 4.78 is 20.2. The van der Waals surface area contributed by atoms with E-state index in [1.807, 2.05) is 13.1 Å². The molecular formula is C16H21BrFNO. The highest BCUT2D eigenvalue weighted by Gasteiger charge is 2.50. The van der Waals surface area contributed by atoms with Crippen LogP contribution < -0.4 is 5.32 Å². The Kier molecular flexibility index (Phi) is 4.16. The van der Waals surface area contributed by atoms with Crippen LogP contribution in [0, 0.1) is 17.2 Å². The average molecular weight is 342 g/mol. The van der Waals surface area contributed by atoms with E-state index in [0.29, 0.717) is 6.10 Å². The van der Waals surface area contributed by atoms with Crippen molar-refractivity contribution in [3.05, 3.63) is 34.1 Å². The van der Waals surface area contributed by atoms with Crippen LogP contribution in [0.5, 0.6) is 0 Å². The van der Waals surface area contributed by atoms with Gasteiger partial charge in [0.2, 0.25) is 0 Å². The van der Waals surface area contributed by atoms with Crippen LogP contribution in [-0.2, 0) is 11.2 Å². The van der Waals surface area contributed by atoms with E-state index in [2.05, 4.69) is 21.2 Å². The molecule has 3 rings (SSSR count). The number of benzene rings is 1. The molecule has 2 nitrogen and oxygen atoms in total. The molecule has 0 amide bonds. The fraction of sp³-hybridized carbons (Fsp3) is 0.625. The van der Waals surface area contributed by atoms with Crippen molar-refractivity contribution < 1.29 is 9.13 Å². The minimum absolute atomic E-state index is 0.149. The first-order valence-corrected chi connectivity index (χ1v) is 8.14. The van der Waals surface area contributed by atoms with Crippen LogP contribution in [0.1, 0.15) is 24.8 Å². The first-order chi connectivity index (χ1) is 9.64. The quantitative estimate of drug-likeness (QED) is 0.884. The van der Waals surface area contributed by atoms with Gasteiger partial charge in [0.25, 0.3) is 0 Å². The molecule has 2 unspecified atom stereocenters. The van der Waals surface area contributed by atoms with Gasteiger partial charge in [-0.25, -0.2) is 4.39 Å². The molecule has 1 aliphatic carbocycles. The zero-order valence-electron chi connectivity index (χ0n) is 11.8. The van der Waals surface area contributed by atoms with Crippen molar-refractivity contribution in [3.8, 4) is 0 Å². The van der Waals surface area contributed by atoms with Crippen LogP contribution in [0.25, 0.3) is 0 Å². The molecule has 1 heterocycles. The Morgan fingerprint density at radius 1 is 1.45 bits per heavy atom. The molecule has 1 aromatic carbocycles. The molecule has 1 N–H and O–H groups in total. The Balaban J connectivity index is 1.86. The molecule has 4 heteroatoms. The van der Waals surface area contributed by atoms with E-state index in [4.69, 9.17) is 4.74 Å². The Hall–Kier alpha value is -0.450. The van der Waals surface area contributed by atoms with Gasteiger partial charge in [0.05, 0.1) is 6.10 Å². The van der Waals surface area contributed by atoms with Crippen molar-refractivity contribution in [2.24, 2.45) is 11.3 Å². The molecule has 2 fully saturated rings. The molecule has 2 atom stereocenters. The van der Waals surface area contributed by atoms with E-state index in [1.165, 1.54) is 18.4 Å². The third-order valence-corrected chi connectivity index (χ3v) is 5.38. The van der Waals surface area contributed by atoms with Crippen molar-refractivity contribution >= 4 is 15.9 Å². The summed E-state index contributed by atoms with van der Waals surface area (Å²) in [5.74, 6) is 0.537. The molecular weight excluding hydrogens is 321 g/mol. The SMILES string of the molecule is CNCC1(Cc2ccc(F)cc2Br)CCOC1C1CC1. The van der Waals surface area contributed by atoms with Crippen molar-refractivity contribution in [3.63, 3.8) is 0 Å². The van der Waals surface area contributed by atoms with Gasteiger partial charge in [0.15, 0.2) is 0 Å². The number of hydrogen-bond acceptors (Lipinski definition) is 2. The lowest BCUT2D eigenvalue weighted by Crippen LogP contribution is -2.42. The molecule has 20 heavy (non-hydrogen) atoms. The van der Waals surface area contributed by atoms with Crippen LogP contribution in [0.3, 0.4) is 0 Å². The van der Waals surface area contributed by atoms with Crippen molar-refractivity contribution in [2.45, 2.75) is 31.8 Å². The van der Waals surface area contributed by atoms with Gasteiger partial charge in [0, 0.05) is 23.0 Å². The van der Waals surface area contributed by atoms with Gasteiger partial charge >= 0.3 is 0 Å². The summed E-state index contributed by atoms with van der Waals surface area (Å²) in [5, 5.41) is 3.34. The fourth-order valence-electron chi connectivity index (χ4n) is 3.58. The number of rotatable bonds is 5. The van der Waals surface area contributed by atoms with E-state index in [1.54, 1.807) is 12.1 Å². The fourth-order valence-corrected chi connectivity index (χ4v) is 4.07. The van der Waals surface area contributed by atoms with Gasteiger partial charge in [-0.1, -0.05) is 22.0 Å². The summed E-state index contributed by atoms with van der Waals surface area (Å²) in [6, 6.07) is 5.01. The van der Waals surface area contributed by atoms with E-state index >= 15 is 0 Å². The Bertz CT molecular complexity index is 491. The second kappa shape index (κ2) is 5.74. The van der Waals surface area contributed by atoms with Crippen molar-refractivity contribution in [2.75, 3.05) is 20.2 Å². The average Bonchev–Trinajstić information content (AvgIpc) is 3.16. The van der Waals surface area contributed by atoms with Gasteiger partial charge < -0.3 is 10.1 Å². The molecule has 0 aromatic heterocycles. The van der Waals surface area contributed by atoms with Crippen LogP contribution >= 0.6 is 15.9 Å². The highest BCUT2D eigenvalue weighted by molar-refractivity contribution is 9.10. The first-order valence-electron chi connectivity index (χ1n) is 7.35. The maximum absolute atomic E-state index is 13.3. The third kappa shape index (κ3) is 2.78. The zero-order chi connectivity index (χ0) is 14.2. The first kappa shape index (κ1) is 14.5. The molecule has 0 radical (unpaired) electrons. The molecule has 2 aliphatic rings. The standard InChI is InChI=1S/C16H21BrFNO/c1-19-10-16(6-7-20-15(16)11-2-3-11)9-12-4-5-13(18)8-14(12)17/h4-5,8,11,15,19H,2-3,6-7,9-10H2,1H3. The monoisotopic (exact) mass is 341 g/mol. The maximum Gasteiger partial charge on any atom is 0.124 e. The van der Waals surface area contributed by atoms with Crippen LogP contribution in [0.2, 0.25) is 0 Å². The summed E-state index contributed by atoms with van der Waals surface area (Å²) in [6.45, 7) is 1.81. The van der Waals surface area contributed by atoms with Gasteiger partial charge in [-0.15, -0.1) is 0 Å². The Morgan fingerprint density at radius 3 is 2.90 bits per heavy atom. The van der Waals surface area contributed by atoms with Crippen molar-refractivity contribution in [1.82, 2.24) is 5.32 Å². The lowest BCUT2D eigenvalue weighted by Gasteiger charge is -2.35. The van der Waals surface area contributed by atoms with E-state index in [9.17, 15) is 4.39 Å². The van der Waals surface area contributed by atoms with Crippen molar-refractivity contribution in [1.29, 1.82) is 0 Å². The summed E-state index contributed by atoms with van der Waals surface area (Å²) in [6.07, 6.45) is 4.96. The summed E-state index contributed by atoms with van der Waals surface area (Å²) in [7, 11) is 2.00. The lowest BCUT2D eigenvalue weighted by atomic mass is 9.74. The molecule has 110 valence electrons. The third-order valence-electron chi connectivity index (χ3n) is 4.64. The molecule has 1 saturated heterocycles. The Labute approximate surface area is 128 Å². The number of nitrogens with one attached hydrogen (secondary N) is 1. The minimum Gasteiger partial charge on any atom is -0.377 e. The zero-order valence-corrected chi connectivity index (χ0v) is 13.4. The highest BCUT2D eigenvalue weighted by atomic mass is 79.9. The molecule has 0 spiro atoms. The smallest absolute Gasteiger partial charge is 0.124 e. The summed E-state index contributed by atoms with van der Waals surface area (Å²) in [4.78, 5) is 0. The Morgan fingerprint density at radius 2 is 2.25 bits per heavy atom. The number of halogens is 2. The summed E-state index contributed by atoms with van der Waals surface area (Å²) >= 11 is 3.50. The molecule has 1 aliphatic heterocycles. The molecule has 1 saturated carbocycles. The van der Waals surface area contributed by atoms with Crippen LogP contribution in [0.4, 0.5) is 4.39 Å². The predicted molar refractivity (Wildman–Crippen MR) is 81.2 cm³/mol. The van der Waals surface area contributed by atoms with E-state index in [0.717, 1.165) is 36.4 Å². The number of ether oxygens (including phenoxy) is 1. The highest BCUT2D eigenvalue weighted by Crippen LogP contribution is 2.49. The van der Waals surface area contributed by atoms with Crippen LogP contribution in [0.15, 0.2) is 22.7 Å².